The Morgan fingerprint density at radius 1 is 1.36 bits per heavy atom. The Bertz CT molecular complexity index is 662. The van der Waals surface area contributed by atoms with E-state index in [9.17, 15) is 23.1 Å². The second-order valence-corrected chi connectivity index (χ2v) is 5.92. The molecule has 1 saturated heterocycles. The third-order valence-corrected chi connectivity index (χ3v) is 4.08. The Kier molecular flexibility index (Phi) is 3.70. The van der Waals surface area contributed by atoms with Gasteiger partial charge in [-0.25, -0.2) is 0 Å². The molecule has 1 heterocycles. The van der Waals surface area contributed by atoms with Crippen molar-refractivity contribution in [3.63, 3.8) is 0 Å². The molecule has 2 atom stereocenters. The quantitative estimate of drug-likeness (QED) is 0.867. The fourth-order valence-corrected chi connectivity index (χ4v) is 2.73. The van der Waals surface area contributed by atoms with E-state index in [2.05, 4.69) is 0 Å². The molecule has 1 aromatic rings. The lowest BCUT2D eigenvalue weighted by atomic mass is 9.87. The van der Waals surface area contributed by atoms with Crippen molar-refractivity contribution in [1.29, 1.82) is 5.26 Å². The zero-order valence-electron chi connectivity index (χ0n) is 12.3. The van der Waals surface area contributed by atoms with Crippen LogP contribution in [0.25, 0.3) is 0 Å². The van der Waals surface area contributed by atoms with Crippen molar-refractivity contribution in [3.05, 3.63) is 29.3 Å². The van der Waals surface area contributed by atoms with Gasteiger partial charge in [-0.05, 0) is 39.0 Å². The molecule has 2 rings (SSSR count). The SMILES string of the molecule is C[C@@H]1[C@H](O)C(C)(C)C(=O)N1c1ccc(C#N)c(C(F)(F)F)c1. The van der Waals surface area contributed by atoms with E-state index in [1.54, 1.807) is 20.8 Å². The normalized spacial score (nSPS) is 24.5. The van der Waals surface area contributed by atoms with Crippen molar-refractivity contribution in [3.8, 4) is 6.07 Å². The molecular formula is C15H15F3N2O2. The summed E-state index contributed by atoms with van der Waals surface area (Å²) in [6.07, 6.45) is -5.69. The maximum atomic E-state index is 13.0. The molecule has 1 aromatic carbocycles. The molecule has 4 nitrogen and oxygen atoms in total. The minimum atomic E-state index is -4.69. The van der Waals surface area contributed by atoms with Gasteiger partial charge in [0.1, 0.15) is 0 Å². The third-order valence-electron chi connectivity index (χ3n) is 4.08. The van der Waals surface area contributed by atoms with Gasteiger partial charge in [0, 0.05) is 5.69 Å². The van der Waals surface area contributed by atoms with Gasteiger partial charge in [0.15, 0.2) is 0 Å². The molecule has 1 N–H and O–H groups in total. The summed E-state index contributed by atoms with van der Waals surface area (Å²) in [4.78, 5) is 13.5. The molecule has 1 fully saturated rings. The van der Waals surface area contributed by atoms with Crippen LogP contribution in [0.2, 0.25) is 0 Å². The number of amides is 1. The molecule has 118 valence electrons. The molecular weight excluding hydrogens is 297 g/mol. The van der Waals surface area contributed by atoms with E-state index in [0.29, 0.717) is 0 Å². The van der Waals surface area contributed by atoms with Crippen molar-refractivity contribution in [2.75, 3.05) is 4.90 Å². The van der Waals surface area contributed by atoms with Gasteiger partial charge in [-0.3, -0.25) is 4.79 Å². The second kappa shape index (κ2) is 4.99. The Labute approximate surface area is 125 Å². The van der Waals surface area contributed by atoms with E-state index < -0.39 is 40.8 Å². The summed E-state index contributed by atoms with van der Waals surface area (Å²) in [6.45, 7) is 4.67. The Morgan fingerprint density at radius 3 is 2.36 bits per heavy atom. The molecule has 0 saturated carbocycles. The number of aliphatic hydroxyl groups is 1. The van der Waals surface area contributed by atoms with Crippen LogP contribution in [0.4, 0.5) is 18.9 Å². The number of benzene rings is 1. The van der Waals surface area contributed by atoms with Crippen molar-refractivity contribution < 1.29 is 23.1 Å². The standard InChI is InChI=1S/C15H15F3N2O2/c1-8-12(21)14(2,3)13(22)20(8)10-5-4-9(7-19)11(6-10)15(16,17)18/h4-6,8,12,21H,1-3H3/t8-,12+/m1/s1. The highest BCUT2D eigenvalue weighted by Crippen LogP contribution is 2.41. The number of nitrogens with zero attached hydrogens (tertiary/aromatic N) is 2. The fraction of sp³-hybridized carbons (Fsp3) is 0.467. The van der Waals surface area contributed by atoms with Gasteiger partial charge < -0.3 is 10.0 Å². The highest BCUT2D eigenvalue weighted by molar-refractivity contribution is 6.01. The van der Waals surface area contributed by atoms with Crippen LogP contribution in [-0.4, -0.2) is 23.2 Å². The number of carbonyl (C=O) groups is 1. The van der Waals surface area contributed by atoms with Crippen LogP contribution in [0, 0.1) is 16.7 Å². The molecule has 0 bridgehead atoms. The number of halogens is 3. The van der Waals surface area contributed by atoms with Crippen LogP contribution in [0.5, 0.6) is 0 Å². The van der Waals surface area contributed by atoms with Crippen LogP contribution < -0.4 is 4.90 Å². The minimum absolute atomic E-state index is 0.0217. The van der Waals surface area contributed by atoms with Gasteiger partial charge in [0.05, 0.1) is 34.8 Å². The molecule has 0 unspecified atom stereocenters. The van der Waals surface area contributed by atoms with E-state index in [4.69, 9.17) is 5.26 Å². The summed E-state index contributed by atoms with van der Waals surface area (Å²) >= 11 is 0. The van der Waals surface area contributed by atoms with Gasteiger partial charge in [0.2, 0.25) is 5.91 Å². The van der Waals surface area contributed by atoms with E-state index in [1.165, 1.54) is 12.1 Å². The number of carbonyl (C=O) groups excluding carboxylic acids is 1. The van der Waals surface area contributed by atoms with Crippen LogP contribution in [-0.2, 0) is 11.0 Å². The molecule has 0 aliphatic carbocycles. The van der Waals surface area contributed by atoms with E-state index in [0.717, 1.165) is 17.0 Å². The predicted octanol–water partition coefficient (Wildman–Crippen LogP) is 2.70. The largest absolute Gasteiger partial charge is 0.417 e. The summed E-state index contributed by atoms with van der Waals surface area (Å²) in [5, 5.41) is 18.9. The number of aliphatic hydroxyl groups excluding tert-OH is 1. The molecule has 1 aliphatic rings. The lowest BCUT2D eigenvalue weighted by Gasteiger charge is -2.24. The zero-order chi connectivity index (χ0) is 16.9. The van der Waals surface area contributed by atoms with E-state index in [1.807, 2.05) is 0 Å². The van der Waals surface area contributed by atoms with Crippen LogP contribution >= 0.6 is 0 Å². The average molecular weight is 312 g/mol. The number of alkyl halides is 3. The summed E-state index contributed by atoms with van der Waals surface area (Å²) in [5.41, 5.74) is -2.65. The first kappa shape index (κ1) is 16.3. The Hall–Kier alpha value is -2.07. The van der Waals surface area contributed by atoms with Gasteiger partial charge in [-0.1, -0.05) is 0 Å². The van der Waals surface area contributed by atoms with Crippen LogP contribution in [0.1, 0.15) is 31.9 Å². The predicted molar refractivity (Wildman–Crippen MR) is 72.9 cm³/mol. The van der Waals surface area contributed by atoms with Gasteiger partial charge in [-0.15, -0.1) is 0 Å². The van der Waals surface area contributed by atoms with E-state index in [-0.39, 0.29) is 5.69 Å². The highest BCUT2D eigenvalue weighted by atomic mass is 19.4. The number of anilines is 1. The molecule has 1 amide bonds. The topological polar surface area (TPSA) is 64.3 Å². The monoisotopic (exact) mass is 312 g/mol. The number of rotatable bonds is 1. The van der Waals surface area contributed by atoms with Crippen LogP contribution in [0.3, 0.4) is 0 Å². The van der Waals surface area contributed by atoms with Crippen LogP contribution in [0.15, 0.2) is 18.2 Å². The van der Waals surface area contributed by atoms with Gasteiger partial charge in [-0.2, -0.15) is 18.4 Å². The highest BCUT2D eigenvalue weighted by Gasteiger charge is 2.52. The van der Waals surface area contributed by atoms with Crippen molar-refractivity contribution >= 4 is 11.6 Å². The first-order valence-electron chi connectivity index (χ1n) is 6.65. The van der Waals surface area contributed by atoms with Crippen molar-refractivity contribution in [2.45, 2.75) is 39.1 Å². The molecule has 0 aromatic heterocycles. The maximum absolute atomic E-state index is 13.0. The summed E-state index contributed by atoms with van der Waals surface area (Å²) in [7, 11) is 0. The molecule has 1 aliphatic heterocycles. The van der Waals surface area contributed by atoms with Crippen molar-refractivity contribution in [1.82, 2.24) is 0 Å². The van der Waals surface area contributed by atoms with E-state index >= 15 is 0 Å². The fourth-order valence-electron chi connectivity index (χ4n) is 2.73. The number of nitriles is 1. The number of hydrogen-bond acceptors (Lipinski definition) is 3. The maximum Gasteiger partial charge on any atom is 0.417 e. The summed E-state index contributed by atoms with van der Waals surface area (Å²) < 4.78 is 39.1. The molecule has 7 heteroatoms. The van der Waals surface area contributed by atoms with Crippen molar-refractivity contribution in [2.24, 2.45) is 5.41 Å². The molecule has 0 spiro atoms. The van der Waals surface area contributed by atoms with Gasteiger partial charge >= 0.3 is 6.18 Å². The molecule has 0 radical (unpaired) electrons. The molecule has 22 heavy (non-hydrogen) atoms. The average Bonchev–Trinajstić information content (AvgIpc) is 2.58. The first-order valence-corrected chi connectivity index (χ1v) is 6.65. The second-order valence-electron chi connectivity index (χ2n) is 5.92. The Morgan fingerprint density at radius 2 is 1.95 bits per heavy atom. The number of hydrogen-bond donors (Lipinski definition) is 1. The smallest absolute Gasteiger partial charge is 0.390 e. The summed E-state index contributed by atoms with van der Waals surface area (Å²) in [5.74, 6) is -0.453. The minimum Gasteiger partial charge on any atom is -0.390 e. The lowest BCUT2D eigenvalue weighted by Crippen LogP contribution is -2.34. The third kappa shape index (κ3) is 2.33. The first-order chi connectivity index (χ1) is 10.0. The summed E-state index contributed by atoms with van der Waals surface area (Å²) in [6, 6.07) is 3.94. The zero-order valence-corrected chi connectivity index (χ0v) is 12.3. The Balaban J connectivity index is 2.56. The van der Waals surface area contributed by atoms with Gasteiger partial charge in [0.25, 0.3) is 0 Å². The lowest BCUT2D eigenvalue weighted by molar-refractivity contribution is -0.137.